The number of benzene rings is 2. The molecule has 0 saturated heterocycles. The summed E-state index contributed by atoms with van der Waals surface area (Å²) >= 11 is 2.58. The van der Waals surface area contributed by atoms with E-state index >= 15 is 0 Å². The molecule has 7 N–H and O–H groups in total. The Morgan fingerprint density at radius 3 is 1.55 bits per heavy atom. The number of carbonyl (C=O) groups excluding carboxylic acids is 5. The summed E-state index contributed by atoms with van der Waals surface area (Å²) in [5.74, 6) is -1.94. The Bertz CT molecular complexity index is 2100. The lowest BCUT2D eigenvalue weighted by Crippen LogP contribution is -2.62. The first-order valence-corrected chi connectivity index (χ1v) is 22.9. The molecule has 6 atom stereocenters. The number of hydrogen-bond donors (Lipinski definition) is 7. The van der Waals surface area contributed by atoms with Crippen molar-refractivity contribution in [2.24, 2.45) is 11.8 Å². The third-order valence-electron chi connectivity index (χ3n) is 10.0. The molecular weight excluding hydrogens is 859 g/mol. The molecule has 19 heteroatoms. The average Bonchev–Trinajstić information content (AvgIpc) is 3.92. The summed E-state index contributed by atoms with van der Waals surface area (Å²) in [6.45, 7) is 12.7. The van der Waals surface area contributed by atoms with Gasteiger partial charge in [-0.25, -0.2) is 24.4 Å². The van der Waals surface area contributed by atoms with E-state index in [9.17, 15) is 34.2 Å². The lowest BCUT2D eigenvalue weighted by atomic mass is 9.90. The number of anilines is 1. The first kappa shape index (κ1) is 51.0. The van der Waals surface area contributed by atoms with E-state index < -0.39 is 77.9 Å². The fraction of sp³-hybridized carbons (Fsp3) is 0.489. The van der Waals surface area contributed by atoms with Crippen molar-refractivity contribution in [3.05, 3.63) is 99.4 Å². The van der Waals surface area contributed by atoms with Crippen molar-refractivity contribution in [3.8, 4) is 0 Å². The molecule has 0 fully saturated rings. The lowest BCUT2D eigenvalue weighted by molar-refractivity contribution is -0.129. The molecule has 64 heavy (non-hydrogen) atoms. The number of hydrogen-bond acceptors (Lipinski definition) is 12. The molecule has 0 radical (unpaired) electrons. The number of carbonyl (C=O) groups is 5. The Kier molecular flexibility index (Phi) is 19.0. The molecule has 0 aliphatic carbocycles. The van der Waals surface area contributed by atoms with Crippen molar-refractivity contribution in [1.29, 1.82) is 0 Å². The fourth-order valence-corrected chi connectivity index (χ4v) is 7.84. The number of thiazole rings is 2. The minimum atomic E-state index is -1.63. The average molecular weight is 922 g/mol. The molecule has 348 valence electrons. The van der Waals surface area contributed by atoms with Crippen molar-refractivity contribution >= 4 is 57.8 Å². The van der Waals surface area contributed by atoms with Crippen LogP contribution in [0.4, 0.5) is 19.5 Å². The first-order valence-electron chi connectivity index (χ1n) is 21.1. The van der Waals surface area contributed by atoms with E-state index in [1.54, 1.807) is 73.5 Å². The van der Waals surface area contributed by atoms with Crippen LogP contribution in [0.15, 0.2) is 76.9 Å². The summed E-state index contributed by atoms with van der Waals surface area (Å²) in [6, 6.07) is 12.9. The number of aliphatic hydroxyl groups is 2. The van der Waals surface area contributed by atoms with Gasteiger partial charge in [-0.3, -0.25) is 14.9 Å². The van der Waals surface area contributed by atoms with Crippen LogP contribution in [-0.4, -0.2) is 116 Å². The zero-order valence-electron chi connectivity index (χ0n) is 37.9. The van der Waals surface area contributed by atoms with Crippen molar-refractivity contribution in [2.45, 2.75) is 116 Å². The Morgan fingerprint density at radius 1 is 0.688 bits per heavy atom. The van der Waals surface area contributed by atoms with Gasteiger partial charge in [0.25, 0.3) is 0 Å². The van der Waals surface area contributed by atoms with Crippen molar-refractivity contribution in [2.75, 3.05) is 19.4 Å². The van der Waals surface area contributed by atoms with Gasteiger partial charge in [0.05, 0.1) is 42.1 Å². The predicted molar refractivity (Wildman–Crippen MR) is 248 cm³/mol. The maximum absolute atomic E-state index is 14.2. The highest BCUT2D eigenvalue weighted by molar-refractivity contribution is 7.13. The summed E-state index contributed by atoms with van der Waals surface area (Å²) in [5.41, 5.74) is 3.70. The number of urea groups is 2. The highest BCUT2D eigenvalue weighted by Gasteiger charge is 2.38. The van der Waals surface area contributed by atoms with Crippen molar-refractivity contribution in [3.63, 3.8) is 0 Å². The third kappa shape index (κ3) is 16.2. The second-order valence-electron chi connectivity index (χ2n) is 17.4. The molecule has 4 rings (SSSR count). The van der Waals surface area contributed by atoms with Crippen molar-refractivity contribution < 1.29 is 38.9 Å². The largest absolute Gasteiger partial charge is 0.444 e. The summed E-state index contributed by atoms with van der Waals surface area (Å²) in [6.07, 6.45) is -3.71. The number of amides is 7. The summed E-state index contributed by atoms with van der Waals surface area (Å²) in [4.78, 5) is 78.6. The van der Waals surface area contributed by atoms with E-state index in [0.29, 0.717) is 16.5 Å². The van der Waals surface area contributed by atoms with E-state index in [2.05, 4.69) is 36.6 Å². The van der Waals surface area contributed by atoms with Gasteiger partial charge in [0.1, 0.15) is 29.9 Å². The normalized spacial score (nSPS) is 14.3. The van der Waals surface area contributed by atoms with Gasteiger partial charge in [-0.05, 0) is 56.6 Å². The Labute approximate surface area is 383 Å². The summed E-state index contributed by atoms with van der Waals surface area (Å²) < 4.78 is 5.29. The number of aromatic nitrogens is 2. The number of nitrogens with zero attached hydrogens (tertiary/aromatic N) is 4. The Balaban J connectivity index is 1.52. The third-order valence-corrected chi connectivity index (χ3v) is 11.5. The zero-order valence-corrected chi connectivity index (χ0v) is 39.5. The fourth-order valence-electron chi connectivity index (χ4n) is 6.60. The monoisotopic (exact) mass is 921 g/mol. The van der Waals surface area contributed by atoms with Gasteiger partial charge in [-0.15, -0.1) is 22.7 Å². The van der Waals surface area contributed by atoms with E-state index in [0.717, 1.165) is 11.1 Å². The maximum Gasteiger partial charge on any atom is 0.413 e. The van der Waals surface area contributed by atoms with Crippen LogP contribution in [0.2, 0.25) is 0 Å². The Hall–Kier alpha value is -5.63. The smallest absolute Gasteiger partial charge is 0.413 e. The molecule has 0 aliphatic heterocycles. The number of nitrogens with one attached hydrogen (secondary N) is 5. The van der Waals surface area contributed by atoms with Crippen LogP contribution in [0.25, 0.3) is 0 Å². The molecule has 7 amide bonds. The van der Waals surface area contributed by atoms with E-state index in [4.69, 9.17) is 4.74 Å². The van der Waals surface area contributed by atoms with Gasteiger partial charge in [-0.2, -0.15) is 0 Å². The SMILES string of the molecule is CC(C)[C@H](NC(=O)N(C)Cc1cscn1)C(=O)N[C@@H](Cc1ccccc1)[C@H](O)[C@@H](O)[C@H](Cc1ccccc1)NC(=O)[C@@H](NC(=O)N(C)Cc1csc(NC(=O)OC(C)(C)C)n1)C(C)C. The molecule has 0 spiro atoms. The van der Waals surface area contributed by atoms with Gasteiger partial charge in [0.15, 0.2) is 5.13 Å². The van der Waals surface area contributed by atoms with Gasteiger partial charge in [-0.1, -0.05) is 88.4 Å². The highest BCUT2D eigenvalue weighted by Crippen LogP contribution is 2.20. The van der Waals surface area contributed by atoms with Gasteiger partial charge < -0.3 is 46.0 Å². The summed E-state index contributed by atoms with van der Waals surface area (Å²) in [7, 11) is 3.14. The van der Waals surface area contributed by atoms with E-state index in [1.807, 2.05) is 66.0 Å². The standard InChI is InChI=1S/C45H63N9O8S2/c1-27(2)35(50-42(59)53(8)22-31-24-63-26-46-31)39(57)48-33(20-29-16-12-10-13-17-29)37(55)38(56)34(21-30-18-14-11-15-19-30)49-40(58)36(28(3)4)51-43(60)54(9)23-32-25-64-41(47-32)52-44(61)62-45(5,6)7/h10-19,24-28,33-38,55-56H,20-23H2,1-9H3,(H,48,57)(H,49,58)(H,50,59)(H,51,60)(H,47,52,61)/t33-,34-,35-,36-,37-,38-/m0/s1. The van der Waals surface area contributed by atoms with Crippen molar-refractivity contribution in [1.82, 2.24) is 41.0 Å². The molecule has 0 aliphatic rings. The minimum absolute atomic E-state index is 0.0610. The molecule has 2 aromatic heterocycles. The van der Waals surface area contributed by atoms with Gasteiger partial charge in [0, 0.05) is 24.9 Å². The molecule has 4 aromatic rings. The van der Waals surface area contributed by atoms with Crippen LogP contribution < -0.4 is 26.6 Å². The molecule has 2 heterocycles. The quantitative estimate of drug-likeness (QED) is 0.0617. The lowest BCUT2D eigenvalue weighted by Gasteiger charge is -2.35. The first-order chi connectivity index (χ1) is 30.2. The van der Waals surface area contributed by atoms with Crippen LogP contribution in [0.1, 0.15) is 71.0 Å². The molecule has 0 bridgehead atoms. The predicted octanol–water partition coefficient (Wildman–Crippen LogP) is 5.16. The minimum Gasteiger partial charge on any atom is -0.444 e. The molecule has 2 aromatic carbocycles. The molecular formula is C45H63N9O8S2. The van der Waals surface area contributed by atoms with Crippen LogP contribution in [-0.2, 0) is 40.3 Å². The number of ether oxygens (including phenoxy) is 1. The van der Waals surface area contributed by atoms with Crippen LogP contribution in [0.5, 0.6) is 0 Å². The highest BCUT2D eigenvalue weighted by atomic mass is 32.1. The van der Waals surface area contributed by atoms with Crippen LogP contribution in [0.3, 0.4) is 0 Å². The summed E-state index contributed by atoms with van der Waals surface area (Å²) in [5, 5.41) is 42.0. The molecule has 17 nitrogen and oxygen atoms in total. The van der Waals surface area contributed by atoms with Crippen LogP contribution in [0, 0.1) is 11.8 Å². The second kappa shape index (κ2) is 23.9. The van der Waals surface area contributed by atoms with Gasteiger partial charge >= 0.3 is 18.2 Å². The number of aliphatic hydroxyl groups excluding tert-OH is 2. The van der Waals surface area contributed by atoms with E-state index in [-0.39, 0.29) is 31.8 Å². The molecule has 0 saturated carbocycles. The second-order valence-corrected chi connectivity index (χ2v) is 19.0. The van der Waals surface area contributed by atoms with E-state index in [1.165, 1.54) is 32.5 Å². The zero-order chi connectivity index (χ0) is 47.1. The van der Waals surface area contributed by atoms with Crippen LogP contribution >= 0.6 is 22.7 Å². The Morgan fingerprint density at radius 2 is 1.14 bits per heavy atom. The number of rotatable bonds is 20. The molecule has 0 unspecified atom stereocenters. The van der Waals surface area contributed by atoms with Gasteiger partial charge in [0.2, 0.25) is 11.8 Å². The topological polar surface area (TPSA) is 227 Å². The maximum atomic E-state index is 14.2.